The predicted octanol–water partition coefficient (Wildman–Crippen LogP) is 13.2. The van der Waals surface area contributed by atoms with E-state index in [1.165, 1.54) is 98.5 Å². The summed E-state index contributed by atoms with van der Waals surface area (Å²) in [4.78, 5) is 11.0. The van der Waals surface area contributed by atoms with E-state index in [4.69, 9.17) is 9.97 Å². The minimum atomic E-state index is 0.743. The number of hydrogen-bond acceptors (Lipinski definition) is 2. The van der Waals surface area contributed by atoms with Gasteiger partial charge in [-0.3, -0.25) is 4.57 Å². The molecule has 4 aromatic heterocycles. The zero-order chi connectivity index (χ0) is 36.9. The van der Waals surface area contributed by atoms with Crippen molar-refractivity contribution < 1.29 is 0 Å². The van der Waals surface area contributed by atoms with Crippen LogP contribution in [0.1, 0.15) is 28.7 Å². The van der Waals surface area contributed by atoms with Crippen LogP contribution in [-0.4, -0.2) is 18.9 Å². The molecule has 0 N–H and O–H groups in total. The Morgan fingerprint density at radius 3 is 2.26 bits per heavy atom. The maximum absolute atomic E-state index is 5.67. The molecule has 0 spiro atoms. The van der Waals surface area contributed by atoms with Gasteiger partial charge >= 0.3 is 0 Å². The lowest BCUT2D eigenvalue weighted by Crippen LogP contribution is -2.04. The normalized spacial score (nSPS) is 13.7. The molecule has 0 radical (unpaired) electrons. The number of benzene rings is 8. The van der Waals surface area contributed by atoms with Crippen molar-refractivity contribution in [1.29, 1.82) is 0 Å². The second-order valence-electron chi connectivity index (χ2n) is 15.9. The number of aryl methyl sites for hydroxylation is 1. The van der Waals surface area contributed by atoms with E-state index >= 15 is 0 Å². The van der Waals surface area contributed by atoms with Gasteiger partial charge in [-0.1, -0.05) is 127 Å². The van der Waals surface area contributed by atoms with E-state index in [1.54, 1.807) is 0 Å². The Hall–Kier alpha value is -7.30. The molecule has 0 saturated heterocycles. The molecule has 8 aromatic carbocycles. The average molecular weight is 725 g/mol. The summed E-state index contributed by atoms with van der Waals surface area (Å²) in [7, 11) is 0. The second kappa shape index (κ2) is 10.7. The molecule has 0 fully saturated rings. The van der Waals surface area contributed by atoms with Gasteiger partial charge < -0.3 is 4.40 Å². The summed E-state index contributed by atoms with van der Waals surface area (Å²) in [6, 6.07) is 53.5. The Labute approximate surface area is 326 Å². The molecule has 0 aliphatic heterocycles. The minimum absolute atomic E-state index is 0.743. The molecule has 0 amide bonds. The molecule has 57 heavy (non-hydrogen) atoms. The van der Waals surface area contributed by atoms with E-state index in [-0.39, 0.29) is 0 Å². The van der Waals surface area contributed by atoms with E-state index in [2.05, 4.69) is 167 Å². The highest BCUT2D eigenvalue weighted by molar-refractivity contribution is 6.35. The first-order valence-electron chi connectivity index (χ1n) is 20.0. The lowest BCUT2D eigenvalue weighted by atomic mass is 9.89. The van der Waals surface area contributed by atoms with Crippen molar-refractivity contribution in [3.8, 4) is 28.3 Å². The quantitative estimate of drug-likeness (QED) is 0.178. The summed E-state index contributed by atoms with van der Waals surface area (Å²) in [6.45, 7) is 0. The van der Waals surface area contributed by atoms with Crippen LogP contribution < -0.4 is 0 Å². The van der Waals surface area contributed by atoms with Crippen LogP contribution in [0.2, 0.25) is 0 Å². The van der Waals surface area contributed by atoms with E-state index in [0.29, 0.717) is 0 Å². The van der Waals surface area contributed by atoms with Gasteiger partial charge in [0.25, 0.3) is 0 Å². The first kappa shape index (κ1) is 30.0. The standard InChI is InChI=1S/C53H32N4/c1-4-15-36-30(12-1)25-27-45-46(36)47-38-17-5-6-18-40(38)50-48(42-21-11-20-39-37-16-8-10-23-44(37)56(50)49(39)42)51(47)57(45)53-41-19-7-9-22-43(41)54-52(55-53)32-24-26-35-33(29-32)28-31-13-2-3-14-34(31)35/h1-5,7-17,19-27,29H,6,18,28H2. The fourth-order valence-corrected chi connectivity index (χ4v) is 10.8. The van der Waals surface area contributed by atoms with Crippen molar-refractivity contribution in [2.24, 2.45) is 0 Å². The molecule has 0 atom stereocenters. The lowest BCUT2D eigenvalue weighted by Gasteiger charge is -2.17. The SMILES string of the molecule is C1=Cc2c(c3c(c4cccc5c6ccccc6n3c54)c3c2c2c4ccccc4ccc2n3-c2nc(-c3ccc4c(c3)Cc3ccccc3-4)nc3ccccc23)CC1. The zero-order valence-corrected chi connectivity index (χ0v) is 30.9. The third kappa shape index (κ3) is 3.78. The van der Waals surface area contributed by atoms with E-state index in [0.717, 1.165) is 52.9 Å². The molecular formula is C53H32N4. The summed E-state index contributed by atoms with van der Waals surface area (Å²) in [5.74, 6) is 1.65. The highest BCUT2D eigenvalue weighted by atomic mass is 15.1. The minimum Gasteiger partial charge on any atom is -0.308 e. The van der Waals surface area contributed by atoms with Gasteiger partial charge in [-0.05, 0) is 93.7 Å². The Kier molecular flexibility index (Phi) is 5.64. The van der Waals surface area contributed by atoms with Crippen molar-refractivity contribution >= 4 is 87.7 Å². The molecular weight excluding hydrogens is 693 g/mol. The third-order valence-electron chi connectivity index (χ3n) is 13.1. The first-order valence-corrected chi connectivity index (χ1v) is 20.0. The van der Waals surface area contributed by atoms with Crippen LogP contribution in [-0.2, 0) is 12.8 Å². The van der Waals surface area contributed by atoms with Crippen LogP contribution in [0.3, 0.4) is 0 Å². The molecule has 0 bridgehead atoms. The summed E-state index contributed by atoms with van der Waals surface area (Å²) in [6.07, 6.45) is 7.72. The van der Waals surface area contributed by atoms with Gasteiger partial charge in [-0.15, -0.1) is 0 Å². The fraction of sp³-hybridized carbons (Fsp3) is 0.0566. The van der Waals surface area contributed by atoms with Gasteiger partial charge in [0.15, 0.2) is 5.82 Å². The van der Waals surface area contributed by atoms with Crippen molar-refractivity contribution in [3.63, 3.8) is 0 Å². The Morgan fingerprint density at radius 2 is 1.30 bits per heavy atom. The van der Waals surface area contributed by atoms with E-state index in [9.17, 15) is 0 Å². The maximum atomic E-state index is 5.67. The Bertz CT molecular complexity index is 3780. The van der Waals surface area contributed by atoms with Crippen LogP contribution in [0, 0.1) is 0 Å². The lowest BCUT2D eigenvalue weighted by molar-refractivity contribution is 0.994. The molecule has 2 aliphatic rings. The second-order valence-corrected chi connectivity index (χ2v) is 15.9. The summed E-state index contributed by atoms with van der Waals surface area (Å²) < 4.78 is 5.09. The molecule has 4 nitrogen and oxygen atoms in total. The van der Waals surface area contributed by atoms with Crippen LogP contribution in [0.15, 0.2) is 152 Å². The van der Waals surface area contributed by atoms with Crippen molar-refractivity contribution in [2.45, 2.75) is 19.3 Å². The van der Waals surface area contributed by atoms with Crippen molar-refractivity contribution in [3.05, 3.63) is 174 Å². The summed E-state index contributed by atoms with van der Waals surface area (Å²) in [5, 5.41) is 11.3. The third-order valence-corrected chi connectivity index (χ3v) is 13.1. The molecule has 12 aromatic rings. The van der Waals surface area contributed by atoms with Gasteiger partial charge in [0.2, 0.25) is 0 Å². The molecule has 0 saturated carbocycles. The summed E-state index contributed by atoms with van der Waals surface area (Å²) >= 11 is 0. The van der Waals surface area contributed by atoms with E-state index in [1.807, 2.05) is 0 Å². The zero-order valence-electron chi connectivity index (χ0n) is 30.9. The highest BCUT2D eigenvalue weighted by Gasteiger charge is 2.30. The maximum Gasteiger partial charge on any atom is 0.162 e. The fourth-order valence-electron chi connectivity index (χ4n) is 10.8. The molecule has 4 heterocycles. The number of aromatic nitrogens is 4. The molecule has 264 valence electrons. The molecule has 2 aliphatic carbocycles. The van der Waals surface area contributed by atoms with Gasteiger partial charge in [0, 0.05) is 43.3 Å². The van der Waals surface area contributed by atoms with Gasteiger partial charge in [-0.2, -0.15) is 0 Å². The summed E-state index contributed by atoms with van der Waals surface area (Å²) in [5.41, 5.74) is 16.3. The largest absolute Gasteiger partial charge is 0.308 e. The first-order chi connectivity index (χ1) is 28.3. The molecule has 0 unspecified atom stereocenters. The predicted molar refractivity (Wildman–Crippen MR) is 237 cm³/mol. The number of allylic oxidation sites excluding steroid dienone is 1. The Balaban J connectivity index is 1.19. The number of rotatable bonds is 2. The smallest absolute Gasteiger partial charge is 0.162 e. The monoisotopic (exact) mass is 724 g/mol. The Morgan fingerprint density at radius 1 is 0.509 bits per heavy atom. The topological polar surface area (TPSA) is 35.1 Å². The number of fused-ring (bicyclic) bond motifs is 19. The molecule has 4 heteroatoms. The molecule has 14 rings (SSSR count). The number of nitrogens with zero attached hydrogens (tertiary/aromatic N) is 4. The number of para-hydroxylation sites is 3. The van der Waals surface area contributed by atoms with E-state index < -0.39 is 0 Å². The number of hydrogen-bond donors (Lipinski definition) is 0. The van der Waals surface area contributed by atoms with Gasteiger partial charge in [0.05, 0.1) is 33.1 Å². The van der Waals surface area contributed by atoms with Crippen LogP contribution in [0.25, 0.3) is 116 Å². The van der Waals surface area contributed by atoms with Gasteiger partial charge in [0.1, 0.15) is 5.82 Å². The van der Waals surface area contributed by atoms with Crippen LogP contribution in [0.5, 0.6) is 0 Å². The van der Waals surface area contributed by atoms with Crippen LogP contribution >= 0.6 is 0 Å². The van der Waals surface area contributed by atoms with Crippen LogP contribution in [0.4, 0.5) is 0 Å². The van der Waals surface area contributed by atoms with Crippen molar-refractivity contribution in [2.75, 3.05) is 0 Å². The average Bonchev–Trinajstić information content (AvgIpc) is 4.02. The van der Waals surface area contributed by atoms with Gasteiger partial charge in [-0.25, -0.2) is 9.97 Å². The van der Waals surface area contributed by atoms with Crippen molar-refractivity contribution in [1.82, 2.24) is 18.9 Å². The highest BCUT2D eigenvalue weighted by Crippen LogP contribution is 2.50.